The van der Waals surface area contributed by atoms with E-state index in [9.17, 15) is 4.79 Å². The maximum Gasteiger partial charge on any atom is 0.347 e. The fourth-order valence-electron chi connectivity index (χ4n) is 2.03. The van der Waals surface area contributed by atoms with E-state index in [1.165, 1.54) is 11.3 Å². The zero-order valence-electron chi connectivity index (χ0n) is 11.5. The second-order valence-electron chi connectivity index (χ2n) is 4.55. The van der Waals surface area contributed by atoms with E-state index in [4.69, 9.17) is 5.11 Å². The first kappa shape index (κ1) is 16.6. The molecule has 2 aromatic rings. The highest BCUT2D eigenvalue weighted by molar-refractivity contribution is 7.13. The lowest BCUT2D eigenvalue weighted by Crippen LogP contribution is -2.20. The number of thiazole rings is 1. The van der Waals surface area contributed by atoms with Crippen molar-refractivity contribution in [1.82, 2.24) is 9.88 Å². The lowest BCUT2D eigenvalue weighted by molar-refractivity contribution is 0.0701. The van der Waals surface area contributed by atoms with Crippen molar-refractivity contribution in [1.29, 1.82) is 0 Å². The maximum absolute atomic E-state index is 11.1. The maximum atomic E-state index is 11.1. The average Bonchev–Trinajstić information content (AvgIpc) is 2.72. The van der Waals surface area contributed by atoms with Crippen LogP contribution in [0.2, 0.25) is 0 Å². The van der Waals surface area contributed by atoms with E-state index < -0.39 is 5.97 Å². The van der Waals surface area contributed by atoms with Crippen LogP contribution < -0.4 is 0 Å². The number of aromatic carboxylic acids is 1. The molecule has 0 amide bonds. The summed E-state index contributed by atoms with van der Waals surface area (Å²) in [5.41, 5.74) is 1.69. The van der Waals surface area contributed by atoms with Crippen LogP contribution >= 0.6 is 23.7 Å². The van der Waals surface area contributed by atoms with Gasteiger partial charge in [0.1, 0.15) is 9.88 Å². The first-order chi connectivity index (χ1) is 9.00. The molecule has 0 saturated heterocycles. The van der Waals surface area contributed by atoms with Crippen LogP contribution in [-0.2, 0) is 0 Å². The number of carboxylic acids is 1. The standard InChI is InChI=1S/C14H16N2O2S.ClH/c1-9-12(14(17)18)19-13(15-9)11(16(2)3)10-7-5-4-6-8-10;/h4-8,11H,1-3H3,(H,17,18);1H. The number of benzene rings is 1. The van der Waals surface area contributed by atoms with Crippen molar-refractivity contribution in [3.05, 3.63) is 51.5 Å². The van der Waals surface area contributed by atoms with Crippen molar-refractivity contribution in [3.8, 4) is 0 Å². The number of hydrogen-bond donors (Lipinski definition) is 1. The smallest absolute Gasteiger partial charge is 0.347 e. The van der Waals surface area contributed by atoms with Crippen molar-refractivity contribution >= 4 is 29.7 Å². The van der Waals surface area contributed by atoms with Crippen molar-refractivity contribution in [2.45, 2.75) is 13.0 Å². The molecule has 0 bridgehead atoms. The van der Waals surface area contributed by atoms with E-state index in [1.807, 2.05) is 49.3 Å². The van der Waals surface area contributed by atoms with Gasteiger partial charge in [-0.15, -0.1) is 23.7 Å². The van der Waals surface area contributed by atoms with Crippen LogP contribution in [0.4, 0.5) is 0 Å². The van der Waals surface area contributed by atoms with Gasteiger partial charge in [-0.3, -0.25) is 4.90 Å². The molecule has 1 atom stereocenters. The van der Waals surface area contributed by atoms with Crippen LogP contribution in [0.25, 0.3) is 0 Å². The topological polar surface area (TPSA) is 53.4 Å². The third-order valence-corrected chi connectivity index (χ3v) is 4.07. The summed E-state index contributed by atoms with van der Waals surface area (Å²) < 4.78 is 0. The molecular weight excluding hydrogens is 296 g/mol. The Morgan fingerprint density at radius 3 is 2.35 bits per heavy atom. The van der Waals surface area contributed by atoms with Crippen molar-refractivity contribution in [2.75, 3.05) is 14.1 Å². The number of carbonyl (C=O) groups is 1. The van der Waals surface area contributed by atoms with E-state index in [2.05, 4.69) is 4.98 Å². The summed E-state index contributed by atoms with van der Waals surface area (Å²) in [6.45, 7) is 1.74. The number of rotatable bonds is 4. The second-order valence-corrected chi connectivity index (χ2v) is 5.58. The third-order valence-electron chi connectivity index (χ3n) is 2.87. The van der Waals surface area contributed by atoms with Gasteiger partial charge in [-0.25, -0.2) is 9.78 Å². The van der Waals surface area contributed by atoms with E-state index in [1.54, 1.807) is 6.92 Å². The van der Waals surface area contributed by atoms with E-state index in [0.29, 0.717) is 10.6 Å². The van der Waals surface area contributed by atoms with Gasteiger partial charge in [0.05, 0.1) is 11.7 Å². The molecule has 1 unspecified atom stereocenters. The number of hydrogen-bond acceptors (Lipinski definition) is 4. The zero-order valence-corrected chi connectivity index (χ0v) is 13.2. The fourth-order valence-corrected chi connectivity index (χ4v) is 3.16. The largest absolute Gasteiger partial charge is 0.477 e. The van der Waals surface area contributed by atoms with Gasteiger partial charge in [0.2, 0.25) is 0 Å². The number of nitrogens with zero attached hydrogens (tertiary/aromatic N) is 2. The summed E-state index contributed by atoms with van der Waals surface area (Å²) in [4.78, 5) is 17.9. The molecule has 1 aromatic heterocycles. The molecule has 2 rings (SSSR count). The van der Waals surface area contributed by atoms with Crippen LogP contribution in [0, 0.1) is 6.92 Å². The van der Waals surface area contributed by atoms with Gasteiger partial charge in [0.15, 0.2) is 0 Å². The summed E-state index contributed by atoms with van der Waals surface area (Å²) in [5, 5.41) is 9.94. The summed E-state index contributed by atoms with van der Waals surface area (Å²) in [6, 6.07) is 9.96. The molecule has 1 N–H and O–H groups in total. The number of carboxylic acid groups (broad SMARTS) is 1. The molecule has 0 spiro atoms. The van der Waals surface area contributed by atoms with Crippen LogP contribution in [-0.4, -0.2) is 35.1 Å². The van der Waals surface area contributed by atoms with Crippen LogP contribution in [0.1, 0.15) is 32.0 Å². The second kappa shape index (κ2) is 6.83. The van der Waals surface area contributed by atoms with Gasteiger partial charge >= 0.3 is 5.97 Å². The van der Waals surface area contributed by atoms with Gasteiger partial charge in [-0.2, -0.15) is 0 Å². The van der Waals surface area contributed by atoms with Crippen molar-refractivity contribution in [2.24, 2.45) is 0 Å². The molecule has 1 aromatic carbocycles. The molecule has 6 heteroatoms. The van der Waals surface area contributed by atoms with Gasteiger partial charge in [0.25, 0.3) is 0 Å². The minimum Gasteiger partial charge on any atom is -0.477 e. The average molecular weight is 313 g/mol. The van der Waals surface area contributed by atoms with Gasteiger partial charge in [-0.05, 0) is 26.6 Å². The van der Waals surface area contributed by atoms with Gasteiger partial charge in [0, 0.05) is 0 Å². The minimum atomic E-state index is -0.910. The predicted molar refractivity (Wildman–Crippen MR) is 83.0 cm³/mol. The van der Waals surface area contributed by atoms with Crippen molar-refractivity contribution < 1.29 is 9.90 Å². The molecule has 0 fully saturated rings. The number of aryl methyl sites for hydroxylation is 1. The molecular formula is C14H17ClN2O2S. The summed E-state index contributed by atoms with van der Waals surface area (Å²) in [5.74, 6) is -0.910. The first-order valence-electron chi connectivity index (χ1n) is 5.92. The summed E-state index contributed by atoms with van der Waals surface area (Å²) in [6.07, 6.45) is 0. The normalized spacial score (nSPS) is 12.0. The molecule has 0 aliphatic heterocycles. The summed E-state index contributed by atoms with van der Waals surface area (Å²) >= 11 is 1.25. The first-order valence-corrected chi connectivity index (χ1v) is 6.74. The summed E-state index contributed by atoms with van der Waals surface area (Å²) in [7, 11) is 3.93. The molecule has 0 aliphatic rings. The fraction of sp³-hybridized carbons (Fsp3) is 0.286. The quantitative estimate of drug-likeness (QED) is 0.941. The number of halogens is 1. The van der Waals surface area contributed by atoms with Crippen molar-refractivity contribution in [3.63, 3.8) is 0 Å². The molecule has 0 radical (unpaired) electrons. The lowest BCUT2D eigenvalue weighted by atomic mass is 10.1. The van der Waals surface area contributed by atoms with Gasteiger partial charge < -0.3 is 5.11 Å². The predicted octanol–water partition coefficient (Wildman–Crippen LogP) is 3.22. The van der Waals surface area contributed by atoms with E-state index in [0.717, 1.165) is 10.6 Å². The van der Waals surface area contributed by atoms with Crippen LogP contribution in [0.5, 0.6) is 0 Å². The highest BCUT2D eigenvalue weighted by atomic mass is 35.5. The zero-order chi connectivity index (χ0) is 14.0. The van der Waals surface area contributed by atoms with Gasteiger partial charge in [-0.1, -0.05) is 30.3 Å². The Balaban J connectivity index is 0.00000200. The monoisotopic (exact) mass is 312 g/mol. The third kappa shape index (κ3) is 3.36. The Morgan fingerprint density at radius 1 is 1.30 bits per heavy atom. The minimum absolute atomic E-state index is 0. The molecule has 1 heterocycles. The Hall–Kier alpha value is -1.43. The molecule has 20 heavy (non-hydrogen) atoms. The lowest BCUT2D eigenvalue weighted by Gasteiger charge is -2.22. The van der Waals surface area contributed by atoms with E-state index >= 15 is 0 Å². The van der Waals surface area contributed by atoms with Crippen LogP contribution in [0.15, 0.2) is 30.3 Å². The Labute approximate surface area is 128 Å². The number of aromatic nitrogens is 1. The highest BCUT2D eigenvalue weighted by Crippen LogP contribution is 2.31. The Kier molecular flexibility index (Phi) is 5.68. The molecule has 108 valence electrons. The molecule has 0 saturated carbocycles. The van der Waals surface area contributed by atoms with Crippen LogP contribution in [0.3, 0.4) is 0 Å². The SMILES string of the molecule is Cc1nc(C(c2ccccc2)N(C)C)sc1C(=O)O.Cl. The Bertz CT molecular complexity index is 584. The Morgan fingerprint density at radius 2 is 1.90 bits per heavy atom. The molecule has 0 aliphatic carbocycles. The molecule has 4 nitrogen and oxygen atoms in total. The van der Waals surface area contributed by atoms with E-state index in [-0.39, 0.29) is 18.4 Å². The highest BCUT2D eigenvalue weighted by Gasteiger charge is 2.23.